The number of nitrogens with zero attached hydrogens (tertiary/aromatic N) is 5. The first-order valence-electron chi connectivity index (χ1n) is 8.73. The smallest absolute Gasteiger partial charge is 0.320 e. The van der Waals surface area contributed by atoms with Crippen molar-refractivity contribution in [2.45, 2.75) is 38.6 Å². The molecule has 0 bridgehead atoms. The second-order valence-corrected chi connectivity index (χ2v) is 7.25. The highest BCUT2D eigenvalue weighted by Crippen LogP contribution is 2.28. The number of amides is 1. The fourth-order valence-corrected chi connectivity index (χ4v) is 4.03. The van der Waals surface area contributed by atoms with Crippen molar-refractivity contribution in [1.29, 1.82) is 0 Å². The normalized spacial score (nSPS) is 19.7. The molecule has 1 amide bonds. The fourth-order valence-electron chi connectivity index (χ4n) is 3.48. The lowest BCUT2D eigenvalue weighted by Gasteiger charge is -2.34. The summed E-state index contributed by atoms with van der Waals surface area (Å²) in [5.41, 5.74) is -0.581. The van der Waals surface area contributed by atoms with Crippen molar-refractivity contribution in [2.75, 3.05) is 6.54 Å². The van der Waals surface area contributed by atoms with Crippen LogP contribution in [0.3, 0.4) is 0 Å². The molecule has 2 atom stereocenters. The molecule has 10 heteroatoms. The Morgan fingerprint density at radius 3 is 2.63 bits per heavy atom. The molecular formula is C17H19Cl2N5O3. The van der Waals surface area contributed by atoms with Gasteiger partial charge in [-0.05, 0) is 48.7 Å². The van der Waals surface area contributed by atoms with Crippen LogP contribution in [0.5, 0.6) is 0 Å². The number of rotatable bonds is 4. The van der Waals surface area contributed by atoms with Crippen LogP contribution in [0, 0.1) is 5.92 Å². The molecule has 1 heterocycles. The summed E-state index contributed by atoms with van der Waals surface area (Å²) in [6.07, 6.45) is 3.99. The average Bonchev–Trinajstić information content (AvgIpc) is 3.03. The van der Waals surface area contributed by atoms with Crippen LogP contribution in [0.4, 0.5) is 4.79 Å². The lowest BCUT2D eigenvalue weighted by atomic mass is 9.86. The number of carbonyl (C=O) groups excluding carboxylic acids is 2. The maximum atomic E-state index is 12.9. The average molecular weight is 412 g/mol. The number of carbonyl (C=O) groups is 2. The second-order valence-electron chi connectivity index (χ2n) is 6.44. The third-order valence-corrected chi connectivity index (χ3v) is 5.43. The summed E-state index contributed by atoms with van der Waals surface area (Å²) in [7, 11) is 0. The first-order valence-corrected chi connectivity index (χ1v) is 9.49. The lowest BCUT2D eigenvalue weighted by molar-refractivity contribution is -0.112. The van der Waals surface area contributed by atoms with E-state index in [1.54, 1.807) is 23.1 Å². The number of benzene rings is 1. The number of aromatic nitrogens is 4. The van der Waals surface area contributed by atoms with Crippen LogP contribution < -0.4 is 5.69 Å². The van der Waals surface area contributed by atoms with Gasteiger partial charge in [0, 0.05) is 18.5 Å². The summed E-state index contributed by atoms with van der Waals surface area (Å²) in [6, 6.07) is 4.08. The molecule has 27 heavy (non-hydrogen) atoms. The molecule has 0 aliphatic heterocycles. The minimum Gasteiger partial charge on any atom is -0.320 e. The molecule has 3 rings (SSSR count). The van der Waals surface area contributed by atoms with Crippen molar-refractivity contribution in [2.24, 2.45) is 5.92 Å². The molecule has 1 aliphatic rings. The van der Waals surface area contributed by atoms with Crippen LogP contribution in [0.15, 0.2) is 23.0 Å². The van der Waals surface area contributed by atoms with Crippen molar-refractivity contribution >= 4 is 35.5 Å². The Hall–Kier alpha value is -2.19. The van der Waals surface area contributed by atoms with Gasteiger partial charge in [0.15, 0.2) is 0 Å². The third-order valence-electron chi connectivity index (χ3n) is 4.82. The van der Waals surface area contributed by atoms with Gasteiger partial charge in [0.2, 0.25) is 0 Å². The highest BCUT2D eigenvalue weighted by molar-refractivity contribution is 6.37. The topological polar surface area (TPSA) is 90.1 Å². The van der Waals surface area contributed by atoms with E-state index in [2.05, 4.69) is 10.4 Å². The summed E-state index contributed by atoms with van der Waals surface area (Å²) in [6.45, 7) is 2.21. The van der Waals surface area contributed by atoms with E-state index >= 15 is 0 Å². The van der Waals surface area contributed by atoms with E-state index < -0.39 is 11.7 Å². The van der Waals surface area contributed by atoms with Crippen molar-refractivity contribution in [3.05, 3.63) is 38.7 Å². The molecule has 2 aromatic rings. The maximum absolute atomic E-state index is 12.9. The van der Waals surface area contributed by atoms with E-state index in [0.717, 1.165) is 30.2 Å². The zero-order chi connectivity index (χ0) is 19.6. The minimum absolute atomic E-state index is 0.0695. The van der Waals surface area contributed by atoms with Crippen LogP contribution in [0.1, 0.15) is 32.6 Å². The molecule has 144 valence electrons. The quantitative estimate of drug-likeness (QED) is 0.569. The molecule has 1 aliphatic carbocycles. The van der Waals surface area contributed by atoms with Gasteiger partial charge < -0.3 is 9.69 Å². The Morgan fingerprint density at radius 2 is 2.00 bits per heavy atom. The molecule has 0 saturated heterocycles. The van der Waals surface area contributed by atoms with Gasteiger partial charge >= 0.3 is 11.7 Å². The first kappa shape index (κ1) is 19.6. The summed E-state index contributed by atoms with van der Waals surface area (Å²) in [4.78, 5) is 38.3. The van der Waals surface area contributed by atoms with E-state index in [-0.39, 0.29) is 27.7 Å². The number of aldehydes is 1. The van der Waals surface area contributed by atoms with E-state index in [9.17, 15) is 14.4 Å². The molecule has 0 N–H and O–H groups in total. The Labute approximate surface area is 165 Å². The zero-order valence-corrected chi connectivity index (χ0v) is 16.2. The van der Waals surface area contributed by atoms with Gasteiger partial charge in [-0.2, -0.15) is 4.68 Å². The summed E-state index contributed by atoms with van der Waals surface area (Å²) in [5, 5.41) is 7.92. The first-order chi connectivity index (χ1) is 13.0. The fraction of sp³-hybridized carbons (Fsp3) is 0.471. The van der Waals surface area contributed by atoms with Gasteiger partial charge in [-0.15, -0.1) is 4.68 Å². The Morgan fingerprint density at radius 1 is 1.30 bits per heavy atom. The molecule has 1 saturated carbocycles. The van der Waals surface area contributed by atoms with Crippen molar-refractivity contribution in [3.8, 4) is 5.69 Å². The van der Waals surface area contributed by atoms with Crippen LogP contribution in [-0.4, -0.2) is 49.6 Å². The molecule has 8 nitrogen and oxygen atoms in total. The standard InChI is InChI=1S/C17H19Cl2N5O3/c1-2-22(12-6-3-5-11(9-12)10-25)16(26)24-17(27)23(20-21-24)15-13(18)7-4-8-14(15)19/h4,7-8,10-12H,2-3,5-6,9H2,1H3. The molecule has 2 unspecified atom stereocenters. The van der Waals surface area contributed by atoms with Gasteiger partial charge in [0.25, 0.3) is 0 Å². The van der Waals surface area contributed by atoms with E-state index in [1.807, 2.05) is 6.92 Å². The van der Waals surface area contributed by atoms with Crippen molar-refractivity contribution < 1.29 is 9.59 Å². The summed E-state index contributed by atoms with van der Waals surface area (Å²) in [5.74, 6) is -0.0695. The van der Waals surface area contributed by atoms with Gasteiger partial charge in [-0.25, -0.2) is 9.59 Å². The number of para-hydroxylation sites is 1. The SMILES string of the molecule is CCN(C(=O)n1nnn(-c2c(Cl)cccc2Cl)c1=O)C1CCCC(C=O)C1. The molecule has 1 fully saturated rings. The summed E-state index contributed by atoms with van der Waals surface area (Å²) >= 11 is 12.2. The van der Waals surface area contributed by atoms with Crippen molar-refractivity contribution in [3.63, 3.8) is 0 Å². The zero-order valence-electron chi connectivity index (χ0n) is 14.7. The predicted octanol–water partition coefficient (Wildman–Crippen LogP) is 2.78. The largest absolute Gasteiger partial charge is 0.377 e. The Balaban J connectivity index is 1.92. The number of hydrogen-bond acceptors (Lipinski definition) is 5. The maximum Gasteiger partial charge on any atom is 0.377 e. The van der Waals surface area contributed by atoms with Gasteiger partial charge in [0.05, 0.1) is 10.0 Å². The molecular weight excluding hydrogens is 393 g/mol. The van der Waals surface area contributed by atoms with Crippen molar-refractivity contribution in [1.82, 2.24) is 24.7 Å². The van der Waals surface area contributed by atoms with E-state index in [1.165, 1.54) is 0 Å². The van der Waals surface area contributed by atoms with Gasteiger partial charge in [-0.1, -0.05) is 35.7 Å². The molecule has 1 aromatic carbocycles. The van der Waals surface area contributed by atoms with Crippen LogP contribution in [0.25, 0.3) is 5.69 Å². The summed E-state index contributed by atoms with van der Waals surface area (Å²) < 4.78 is 1.61. The molecule has 1 aromatic heterocycles. The highest BCUT2D eigenvalue weighted by atomic mass is 35.5. The Bertz CT molecular complexity index is 890. The predicted molar refractivity (Wildman–Crippen MR) is 101 cm³/mol. The van der Waals surface area contributed by atoms with Gasteiger partial charge in [-0.3, -0.25) is 0 Å². The van der Waals surface area contributed by atoms with Crippen LogP contribution >= 0.6 is 23.2 Å². The minimum atomic E-state index is -0.754. The Kier molecular flexibility index (Phi) is 5.96. The third kappa shape index (κ3) is 3.77. The van der Waals surface area contributed by atoms with E-state index in [4.69, 9.17) is 23.2 Å². The van der Waals surface area contributed by atoms with Gasteiger partial charge in [0.1, 0.15) is 12.0 Å². The monoisotopic (exact) mass is 411 g/mol. The number of hydrogen-bond donors (Lipinski definition) is 0. The number of halogens is 2. The van der Waals surface area contributed by atoms with Crippen LogP contribution in [-0.2, 0) is 4.79 Å². The molecule has 0 spiro atoms. The van der Waals surface area contributed by atoms with Crippen LogP contribution in [0.2, 0.25) is 10.0 Å². The second kappa shape index (κ2) is 8.22. The molecule has 0 radical (unpaired) electrons. The number of tetrazole rings is 1. The van der Waals surface area contributed by atoms with E-state index in [0.29, 0.717) is 17.6 Å². The lowest BCUT2D eigenvalue weighted by Crippen LogP contribution is -2.48. The highest BCUT2D eigenvalue weighted by Gasteiger charge is 2.31.